The van der Waals surface area contributed by atoms with Crippen molar-refractivity contribution in [3.8, 4) is 0 Å². The van der Waals surface area contributed by atoms with Crippen LogP contribution in [0.3, 0.4) is 0 Å². The molecule has 0 bridgehead atoms. The standard InChI is InChI=1S/C15H19N3O3/c1-21-9-8-17-12-4-7-18(13(12)10-14(17)19)15(20)11-2-5-16-6-3-11/h2-3,5-6,12-13H,4,7-10H2,1H3/t12-,13-/m0/s1. The maximum absolute atomic E-state index is 12.6. The Kier molecular flexibility index (Phi) is 3.88. The highest BCUT2D eigenvalue weighted by Gasteiger charge is 2.48. The van der Waals surface area contributed by atoms with Crippen LogP contribution in [0.25, 0.3) is 0 Å². The fourth-order valence-corrected chi connectivity index (χ4v) is 3.32. The number of hydrogen-bond donors (Lipinski definition) is 0. The maximum atomic E-state index is 12.6. The molecule has 2 aliphatic heterocycles. The quantitative estimate of drug-likeness (QED) is 0.812. The number of fused-ring (bicyclic) bond motifs is 1. The monoisotopic (exact) mass is 289 g/mol. The van der Waals surface area contributed by atoms with Crippen LogP contribution in [0.5, 0.6) is 0 Å². The zero-order valence-corrected chi connectivity index (χ0v) is 12.1. The highest BCUT2D eigenvalue weighted by molar-refractivity contribution is 5.95. The SMILES string of the molecule is COCCN1C(=O)C[C@H]2[C@@H]1CCN2C(=O)c1ccncc1. The van der Waals surface area contributed by atoms with E-state index in [-0.39, 0.29) is 23.9 Å². The Labute approximate surface area is 123 Å². The van der Waals surface area contributed by atoms with E-state index in [0.717, 1.165) is 6.42 Å². The minimum absolute atomic E-state index is 0.00461. The summed E-state index contributed by atoms with van der Waals surface area (Å²) in [7, 11) is 1.63. The van der Waals surface area contributed by atoms with Crippen molar-refractivity contribution in [3.05, 3.63) is 30.1 Å². The summed E-state index contributed by atoms with van der Waals surface area (Å²) in [5, 5.41) is 0. The third-order valence-corrected chi connectivity index (χ3v) is 4.34. The van der Waals surface area contributed by atoms with Crippen molar-refractivity contribution in [1.82, 2.24) is 14.8 Å². The molecule has 2 fully saturated rings. The average Bonchev–Trinajstić information content (AvgIpc) is 3.04. The van der Waals surface area contributed by atoms with Gasteiger partial charge in [-0.05, 0) is 18.6 Å². The van der Waals surface area contributed by atoms with Gasteiger partial charge in [0, 0.05) is 44.6 Å². The van der Waals surface area contributed by atoms with Crippen LogP contribution in [0, 0.1) is 0 Å². The Bertz CT molecular complexity index is 534. The molecule has 6 heteroatoms. The average molecular weight is 289 g/mol. The molecule has 0 spiro atoms. The highest BCUT2D eigenvalue weighted by Crippen LogP contribution is 2.33. The summed E-state index contributed by atoms with van der Waals surface area (Å²) >= 11 is 0. The Morgan fingerprint density at radius 3 is 2.86 bits per heavy atom. The van der Waals surface area contributed by atoms with Crippen molar-refractivity contribution in [1.29, 1.82) is 0 Å². The predicted molar refractivity (Wildman–Crippen MR) is 75.7 cm³/mol. The molecule has 6 nitrogen and oxygen atoms in total. The van der Waals surface area contributed by atoms with Crippen molar-refractivity contribution >= 4 is 11.8 Å². The van der Waals surface area contributed by atoms with E-state index in [1.165, 1.54) is 0 Å². The molecule has 21 heavy (non-hydrogen) atoms. The van der Waals surface area contributed by atoms with Crippen LogP contribution in [0.2, 0.25) is 0 Å². The molecule has 2 amide bonds. The fourth-order valence-electron chi connectivity index (χ4n) is 3.32. The van der Waals surface area contributed by atoms with Crippen LogP contribution < -0.4 is 0 Å². The highest BCUT2D eigenvalue weighted by atomic mass is 16.5. The van der Waals surface area contributed by atoms with Crippen molar-refractivity contribution in [3.63, 3.8) is 0 Å². The number of methoxy groups -OCH3 is 1. The maximum Gasteiger partial charge on any atom is 0.254 e. The summed E-state index contributed by atoms with van der Waals surface area (Å²) in [6.07, 6.45) is 4.50. The second-order valence-electron chi connectivity index (χ2n) is 5.44. The molecule has 0 N–H and O–H groups in total. The van der Waals surface area contributed by atoms with Crippen LogP contribution >= 0.6 is 0 Å². The van der Waals surface area contributed by atoms with E-state index in [4.69, 9.17) is 4.74 Å². The van der Waals surface area contributed by atoms with E-state index in [2.05, 4.69) is 4.98 Å². The molecule has 0 aliphatic carbocycles. The molecular weight excluding hydrogens is 270 g/mol. The van der Waals surface area contributed by atoms with Crippen LogP contribution in [0.1, 0.15) is 23.2 Å². The van der Waals surface area contributed by atoms with E-state index in [1.54, 1.807) is 31.6 Å². The number of carbonyl (C=O) groups excluding carboxylic acids is 2. The lowest BCUT2D eigenvalue weighted by Crippen LogP contribution is -2.40. The van der Waals surface area contributed by atoms with Crippen molar-refractivity contribution in [2.75, 3.05) is 26.8 Å². The summed E-state index contributed by atoms with van der Waals surface area (Å²) in [5.41, 5.74) is 0.633. The smallest absolute Gasteiger partial charge is 0.254 e. The molecular formula is C15H19N3O3. The zero-order chi connectivity index (χ0) is 14.8. The Hall–Kier alpha value is -1.95. The van der Waals surface area contributed by atoms with Gasteiger partial charge in [0.05, 0.1) is 18.7 Å². The van der Waals surface area contributed by atoms with Gasteiger partial charge < -0.3 is 14.5 Å². The lowest BCUT2D eigenvalue weighted by molar-refractivity contribution is -0.129. The van der Waals surface area contributed by atoms with Gasteiger partial charge in [0.15, 0.2) is 0 Å². The molecule has 0 aromatic carbocycles. The molecule has 1 aromatic heterocycles. The minimum atomic E-state index is -0.00806. The third-order valence-electron chi connectivity index (χ3n) is 4.34. The first-order valence-corrected chi connectivity index (χ1v) is 7.22. The molecule has 112 valence electrons. The van der Waals surface area contributed by atoms with Gasteiger partial charge in [-0.3, -0.25) is 14.6 Å². The van der Waals surface area contributed by atoms with E-state index in [9.17, 15) is 9.59 Å². The third kappa shape index (κ3) is 2.51. The lowest BCUT2D eigenvalue weighted by Gasteiger charge is -2.25. The first-order chi connectivity index (χ1) is 10.2. The molecule has 3 rings (SSSR count). The van der Waals surface area contributed by atoms with Gasteiger partial charge in [-0.1, -0.05) is 0 Å². The van der Waals surface area contributed by atoms with Crippen molar-refractivity contribution < 1.29 is 14.3 Å². The lowest BCUT2D eigenvalue weighted by atomic mass is 10.1. The molecule has 2 saturated heterocycles. The van der Waals surface area contributed by atoms with Gasteiger partial charge in [0.2, 0.25) is 5.91 Å². The molecule has 3 heterocycles. The first-order valence-electron chi connectivity index (χ1n) is 7.22. The van der Waals surface area contributed by atoms with Crippen LogP contribution in [0.4, 0.5) is 0 Å². The fraction of sp³-hybridized carbons (Fsp3) is 0.533. The summed E-state index contributed by atoms with van der Waals surface area (Å²) in [6, 6.07) is 3.57. The number of nitrogens with zero attached hydrogens (tertiary/aromatic N) is 3. The van der Waals surface area contributed by atoms with Gasteiger partial charge in [-0.25, -0.2) is 0 Å². The molecule has 2 aliphatic rings. The topological polar surface area (TPSA) is 62.7 Å². The van der Waals surface area contributed by atoms with E-state index < -0.39 is 0 Å². The van der Waals surface area contributed by atoms with Crippen LogP contribution in [-0.4, -0.2) is 65.5 Å². The van der Waals surface area contributed by atoms with Crippen LogP contribution in [0.15, 0.2) is 24.5 Å². The van der Waals surface area contributed by atoms with Crippen LogP contribution in [-0.2, 0) is 9.53 Å². The number of carbonyl (C=O) groups is 2. The first kappa shape index (κ1) is 14.0. The Morgan fingerprint density at radius 1 is 1.38 bits per heavy atom. The number of aromatic nitrogens is 1. The number of ether oxygens (including phenoxy) is 1. The predicted octanol–water partition coefficient (Wildman–Crippen LogP) is 0.543. The number of amides is 2. The minimum Gasteiger partial charge on any atom is -0.383 e. The van der Waals surface area contributed by atoms with E-state index in [1.807, 2.05) is 9.80 Å². The summed E-state index contributed by atoms with van der Waals surface area (Å²) in [4.78, 5) is 32.3. The number of pyridine rings is 1. The van der Waals surface area contributed by atoms with E-state index in [0.29, 0.717) is 31.7 Å². The second-order valence-corrected chi connectivity index (χ2v) is 5.44. The molecule has 0 radical (unpaired) electrons. The Balaban J connectivity index is 1.74. The van der Waals surface area contributed by atoms with Gasteiger partial charge in [-0.15, -0.1) is 0 Å². The zero-order valence-electron chi connectivity index (χ0n) is 12.1. The molecule has 1 aromatic rings. The van der Waals surface area contributed by atoms with Gasteiger partial charge in [0.1, 0.15) is 0 Å². The second kappa shape index (κ2) is 5.81. The molecule has 0 saturated carbocycles. The Morgan fingerprint density at radius 2 is 2.14 bits per heavy atom. The van der Waals surface area contributed by atoms with Gasteiger partial charge in [-0.2, -0.15) is 0 Å². The van der Waals surface area contributed by atoms with Gasteiger partial charge in [0.25, 0.3) is 5.91 Å². The molecule has 0 unspecified atom stereocenters. The number of hydrogen-bond acceptors (Lipinski definition) is 4. The molecule has 2 atom stereocenters. The summed E-state index contributed by atoms with van der Waals surface area (Å²) in [5.74, 6) is 0.112. The summed E-state index contributed by atoms with van der Waals surface area (Å²) < 4.78 is 5.06. The summed E-state index contributed by atoms with van der Waals surface area (Å²) in [6.45, 7) is 1.84. The normalized spacial score (nSPS) is 24.5. The van der Waals surface area contributed by atoms with Crippen molar-refractivity contribution in [2.45, 2.75) is 24.9 Å². The number of likely N-dealkylation sites (tertiary alicyclic amines) is 2. The number of rotatable bonds is 4. The van der Waals surface area contributed by atoms with Gasteiger partial charge >= 0.3 is 0 Å². The van der Waals surface area contributed by atoms with E-state index >= 15 is 0 Å². The van der Waals surface area contributed by atoms with Crippen molar-refractivity contribution in [2.24, 2.45) is 0 Å². The largest absolute Gasteiger partial charge is 0.383 e.